The highest BCUT2D eigenvalue weighted by molar-refractivity contribution is 6.33. The first kappa shape index (κ1) is 20.6. The van der Waals surface area contributed by atoms with Crippen LogP contribution in [0.3, 0.4) is 0 Å². The average Bonchev–Trinajstić information content (AvgIpc) is 3.16. The fraction of sp³-hybridized carbons (Fsp3) is 0.130. The Morgan fingerprint density at radius 2 is 1.74 bits per heavy atom. The van der Waals surface area contributed by atoms with Gasteiger partial charge in [-0.3, -0.25) is 4.79 Å². The molecular formula is C23H19ClN4O3. The zero-order valence-electron chi connectivity index (χ0n) is 17.2. The molecule has 7 nitrogen and oxygen atoms in total. The van der Waals surface area contributed by atoms with E-state index >= 15 is 0 Å². The van der Waals surface area contributed by atoms with Gasteiger partial charge in [-0.15, -0.1) is 5.10 Å². The maximum absolute atomic E-state index is 13.3. The molecule has 0 aliphatic rings. The van der Waals surface area contributed by atoms with E-state index < -0.39 is 0 Å². The Morgan fingerprint density at radius 1 is 1.00 bits per heavy atom. The summed E-state index contributed by atoms with van der Waals surface area (Å²) in [5.74, 6) is 1.14. The van der Waals surface area contributed by atoms with Gasteiger partial charge in [0.1, 0.15) is 22.8 Å². The number of hydrogen-bond donors (Lipinski definition) is 0. The molecule has 4 rings (SSSR count). The molecule has 0 atom stereocenters. The summed E-state index contributed by atoms with van der Waals surface area (Å²) >= 11 is 6.30. The van der Waals surface area contributed by atoms with E-state index in [4.69, 9.17) is 20.9 Å². The monoisotopic (exact) mass is 434 g/mol. The fourth-order valence-corrected chi connectivity index (χ4v) is 3.27. The molecule has 2 aromatic heterocycles. The smallest absolute Gasteiger partial charge is 0.263 e. The van der Waals surface area contributed by atoms with Crippen molar-refractivity contribution < 1.29 is 14.1 Å². The maximum Gasteiger partial charge on any atom is 0.263 e. The molecule has 156 valence electrons. The van der Waals surface area contributed by atoms with Crippen molar-refractivity contribution in [2.24, 2.45) is 0 Å². The molecule has 8 heteroatoms. The van der Waals surface area contributed by atoms with Gasteiger partial charge in [0.25, 0.3) is 5.91 Å². The molecule has 4 aromatic rings. The van der Waals surface area contributed by atoms with E-state index in [1.54, 1.807) is 56.4 Å². The molecule has 0 radical (unpaired) electrons. The normalized spacial score (nSPS) is 10.7. The van der Waals surface area contributed by atoms with Crippen LogP contribution in [0.1, 0.15) is 21.8 Å². The molecule has 0 fully saturated rings. The molecule has 2 aromatic carbocycles. The molecule has 0 saturated carbocycles. The van der Waals surface area contributed by atoms with Crippen LogP contribution in [0.15, 0.2) is 65.2 Å². The second kappa shape index (κ2) is 8.57. The third-order valence-electron chi connectivity index (χ3n) is 4.73. The average molecular weight is 435 g/mol. The summed E-state index contributed by atoms with van der Waals surface area (Å²) in [5, 5.41) is 12.5. The maximum atomic E-state index is 13.3. The summed E-state index contributed by atoms with van der Waals surface area (Å²) in [4.78, 5) is 14.8. The number of anilines is 1. The minimum absolute atomic E-state index is 0.258. The Hall–Kier alpha value is -3.71. The predicted octanol–water partition coefficient (Wildman–Crippen LogP) is 5.47. The lowest BCUT2D eigenvalue weighted by atomic mass is 10.0. The highest BCUT2D eigenvalue weighted by atomic mass is 35.5. The van der Waals surface area contributed by atoms with Crippen LogP contribution in [0, 0.1) is 13.8 Å². The van der Waals surface area contributed by atoms with Gasteiger partial charge in [-0.25, -0.2) is 0 Å². The summed E-state index contributed by atoms with van der Waals surface area (Å²) in [7, 11) is 1.69. The van der Waals surface area contributed by atoms with E-state index in [2.05, 4.69) is 15.4 Å². The van der Waals surface area contributed by atoms with E-state index in [9.17, 15) is 4.79 Å². The predicted molar refractivity (Wildman–Crippen MR) is 118 cm³/mol. The van der Waals surface area contributed by atoms with Crippen molar-refractivity contribution in [3.05, 3.63) is 82.7 Å². The quantitative estimate of drug-likeness (QED) is 0.414. The largest absolute Gasteiger partial charge is 0.438 e. The van der Waals surface area contributed by atoms with Crippen LogP contribution in [0.25, 0.3) is 11.3 Å². The number of rotatable bonds is 5. The molecule has 31 heavy (non-hydrogen) atoms. The number of aryl methyl sites for hydroxylation is 2. The first-order valence-corrected chi connectivity index (χ1v) is 9.89. The van der Waals surface area contributed by atoms with Crippen LogP contribution >= 0.6 is 11.6 Å². The number of amides is 1. The van der Waals surface area contributed by atoms with Gasteiger partial charge < -0.3 is 14.2 Å². The number of halogens is 1. The second-order valence-corrected chi connectivity index (χ2v) is 7.32. The SMILES string of the molecule is Cc1ccc(Oc2ccc(N(C)C(=O)c3c(-c4ccccc4Cl)noc3C)cc2)nn1. The molecule has 0 unspecified atom stereocenters. The number of carbonyl (C=O) groups excluding carboxylic acids is 1. The minimum Gasteiger partial charge on any atom is -0.438 e. The van der Waals surface area contributed by atoms with Crippen LogP contribution in [0.2, 0.25) is 5.02 Å². The molecule has 0 N–H and O–H groups in total. The Kier molecular flexibility index (Phi) is 5.68. The van der Waals surface area contributed by atoms with Crippen LogP contribution < -0.4 is 9.64 Å². The number of nitrogens with zero attached hydrogens (tertiary/aromatic N) is 4. The van der Waals surface area contributed by atoms with Crippen LogP contribution in [-0.2, 0) is 0 Å². The van der Waals surface area contributed by atoms with Crippen molar-refractivity contribution in [3.63, 3.8) is 0 Å². The first-order chi connectivity index (χ1) is 14.9. The van der Waals surface area contributed by atoms with Crippen molar-refractivity contribution in [1.29, 1.82) is 0 Å². The Balaban J connectivity index is 1.57. The van der Waals surface area contributed by atoms with Gasteiger partial charge in [0.05, 0.1) is 10.7 Å². The summed E-state index contributed by atoms with van der Waals surface area (Å²) in [6, 6.07) is 17.9. The Morgan fingerprint density at radius 3 is 2.42 bits per heavy atom. The summed E-state index contributed by atoms with van der Waals surface area (Å²) in [6.45, 7) is 3.56. The van der Waals surface area contributed by atoms with Crippen molar-refractivity contribution >= 4 is 23.2 Å². The van der Waals surface area contributed by atoms with E-state index in [0.717, 1.165) is 5.69 Å². The molecule has 1 amide bonds. The fourth-order valence-electron chi connectivity index (χ4n) is 3.05. The molecule has 0 aliphatic heterocycles. The van der Waals surface area contributed by atoms with Gasteiger partial charge in [-0.05, 0) is 50.2 Å². The van der Waals surface area contributed by atoms with Crippen LogP contribution in [0.5, 0.6) is 11.6 Å². The lowest BCUT2D eigenvalue weighted by Gasteiger charge is -2.18. The van der Waals surface area contributed by atoms with E-state index in [0.29, 0.717) is 44.9 Å². The van der Waals surface area contributed by atoms with Crippen molar-refractivity contribution in [2.75, 3.05) is 11.9 Å². The molecule has 0 saturated heterocycles. The third kappa shape index (κ3) is 4.27. The lowest BCUT2D eigenvalue weighted by Crippen LogP contribution is -2.27. The number of carbonyl (C=O) groups is 1. The molecule has 0 bridgehead atoms. The van der Waals surface area contributed by atoms with Crippen molar-refractivity contribution in [3.8, 4) is 22.9 Å². The highest BCUT2D eigenvalue weighted by Crippen LogP contribution is 2.32. The van der Waals surface area contributed by atoms with Gasteiger partial charge in [0, 0.05) is 24.4 Å². The zero-order valence-corrected chi connectivity index (χ0v) is 17.9. The summed E-state index contributed by atoms with van der Waals surface area (Å²) in [6.07, 6.45) is 0. The molecule has 0 spiro atoms. The highest BCUT2D eigenvalue weighted by Gasteiger charge is 2.26. The standard InChI is InChI=1S/C23H19ClN4O3/c1-14-8-13-20(26-25-14)30-17-11-9-16(10-12-17)28(3)23(29)21-15(2)31-27-22(21)18-6-4-5-7-19(18)24/h4-13H,1-3H3. The molecule has 2 heterocycles. The van der Waals surface area contributed by atoms with Crippen LogP contribution in [0.4, 0.5) is 5.69 Å². The Labute approximate surface area is 184 Å². The molecule has 0 aliphatic carbocycles. The van der Waals surface area contributed by atoms with E-state index in [-0.39, 0.29) is 5.91 Å². The molecular weight excluding hydrogens is 416 g/mol. The minimum atomic E-state index is -0.258. The summed E-state index contributed by atoms with van der Waals surface area (Å²) < 4.78 is 11.0. The van der Waals surface area contributed by atoms with Gasteiger partial charge >= 0.3 is 0 Å². The third-order valence-corrected chi connectivity index (χ3v) is 5.06. The van der Waals surface area contributed by atoms with Crippen LogP contribution in [-0.4, -0.2) is 28.3 Å². The number of benzene rings is 2. The van der Waals surface area contributed by atoms with E-state index in [1.807, 2.05) is 25.1 Å². The van der Waals surface area contributed by atoms with Gasteiger partial charge in [-0.2, -0.15) is 5.10 Å². The van der Waals surface area contributed by atoms with Gasteiger partial charge in [0.15, 0.2) is 0 Å². The van der Waals surface area contributed by atoms with Gasteiger partial charge in [-0.1, -0.05) is 35.0 Å². The number of ether oxygens (including phenoxy) is 1. The van der Waals surface area contributed by atoms with Crippen molar-refractivity contribution in [1.82, 2.24) is 15.4 Å². The van der Waals surface area contributed by atoms with E-state index in [1.165, 1.54) is 4.90 Å². The lowest BCUT2D eigenvalue weighted by molar-refractivity contribution is 0.0992. The zero-order chi connectivity index (χ0) is 22.0. The Bertz CT molecular complexity index is 1220. The second-order valence-electron chi connectivity index (χ2n) is 6.92. The number of aromatic nitrogens is 3. The first-order valence-electron chi connectivity index (χ1n) is 9.51. The van der Waals surface area contributed by atoms with Crippen molar-refractivity contribution in [2.45, 2.75) is 13.8 Å². The summed E-state index contributed by atoms with van der Waals surface area (Å²) in [5.41, 5.74) is 2.91. The number of hydrogen-bond acceptors (Lipinski definition) is 6. The van der Waals surface area contributed by atoms with Gasteiger partial charge in [0.2, 0.25) is 5.88 Å². The topological polar surface area (TPSA) is 81.4 Å².